The van der Waals surface area contributed by atoms with Crippen LogP contribution in [-0.2, 0) is 22.7 Å². The third-order valence-electron chi connectivity index (χ3n) is 3.80. The Morgan fingerprint density at radius 3 is 2.50 bits per heavy atom. The Kier molecular flexibility index (Phi) is 7.14. The molecule has 1 atom stereocenters. The monoisotopic (exact) mass is 355 g/mol. The highest BCUT2D eigenvalue weighted by atomic mass is 16.5. The van der Waals surface area contributed by atoms with Crippen LogP contribution < -0.4 is 15.4 Å². The molecule has 0 aliphatic heterocycles. The van der Waals surface area contributed by atoms with Gasteiger partial charge in [0.2, 0.25) is 17.7 Å². The Balaban J connectivity index is 1.91. The van der Waals surface area contributed by atoms with Crippen molar-refractivity contribution in [1.29, 1.82) is 0 Å². The molecule has 0 radical (unpaired) electrons. The van der Waals surface area contributed by atoms with Crippen molar-refractivity contribution < 1.29 is 14.3 Å². The molecule has 1 aromatic heterocycles. The SMILES string of the molecule is CC(=O)NC(C(=O)NCc1ccnc(OCc2ccccc2)c1)C(C)C. The van der Waals surface area contributed by atoms with Crippen LogP contribution in [0.3, 0.4) is 0 Å². The summed E-state index contributed by atoms with van der Waals surface area (Å²) in [5, 5.41) is 5.53. The van der Waals surface area contributed by atoms with Crippen molar-refractivity contribution in [3.63, 3.8) is 0 Å². The molecule has 0 bridgehead atoms. The Hall–Kier alpha value is -2.89. The minimum atomic E-state index is -0.553. The fourth-order valence-electron chi connectivity index (χ4n) is 2.42. The molecule has 2 amide bonds. The van der Waals surface area contributed by atoms with Crippen LogP contribution in [0.25, 0.3) is 0 Å². The highest BCUT2D eigenvalue weighted by molar-refractivity contribution is 5.87. The molecule has 6 heteroatoms. The van der Waals surface area contributed by atoms with Crippen LogP contribution >= 0.6 is 0 Å². The lowest BCUT2D eigenvalue weighted by Crippen LogP contribution is -2.48. The van der Waals surface area contributed by atoms with Gasteiger partial charge in [-0.25, -0.2) is 4.98 Å². The summed E-state index contributed by atoms with van der Waals surface area (Å²) >= 11 is 0. The number of nitrogens with one attached hydrogen (secondary N) is 2. The Morgan fingerprint density at radius 1 is 1.12 bits per heavy atom. The van der Waals surface area contributed by atoms with Gasteiger partial charge in [-0.1, -0.05) is 44.2 Å². The molecule has 1 aromatic carbocycles. The zero-order valence-corrected chi connectivity index (χ0v) is 15.4. The second kappa shape index (κ2) is 9.56. The molecule has 6 nitrogen and oxygen atoms in total. The average molecular weight is 355 g/mol. The van der Waals surface area contributed by atoms with Gasteiger partial charge in [0.15, 0.2) is 0 Å². The molecule has 0 aliphatic carbocycles. The number of carbonyl (C=O) groups excluding carboxylic acids is 2. The van der Waals surface area contributed by atoms with E-state index in [0.717, 1.165) is 11.1 Å². The molecule has 0 saturated carbocycles. The number of hydrogen-bond donors (Lipinski definition) is 2. The molecule has 2 aromatic rings. The lowest BCUT2D eigenvalue weighted by molar-refractivity contribution is -0.129. The second-order valence-corrected chi connectivity index (χ2v) is 6.42. The Labute approximate surface area is 154 Å². The first-order valence-electron chi connectivity index (χ1n) is 8.62. The van der Waals surface area contributed by atoms with Gasteiger partial charge in [-0.3, -0.25) is 9.59 Å². The number of nitrogens with zero attached hydrogens (tertiary/aromatic N) is 1. The highest BCUT2D eigenvalue weighted by Crippen LogP contribution is 2.12. The van der Waals surface area contributed by atoms with Gasteiger partial charge in [0, 0.05) is 25.7 Å². The van der Waals surface area contributed by atoms with Crippen LogP contribution in [0.15, 0.2) is 48.7 Å². The molecule has 0 spiro atoms. The number of pyridine rings is 1. The first-order valence-corrected chi connectivity index (χ1v) is 8.62. The van der Waals surface area contributed by atoms with E-state index < -0.39 is 6.04 Å². The Morgan fingerprint density at radius 2 is 1.85 bits per heavy atom. The summed E-state index contributed by atoms with van der Waals surface area (Å²) in [6, 6.07) is 12.9. The number of aromatic nitrogens is 1. The largest absolute Gasteiger partial charge is 0.473 e. The van der Waals surface area contributed by atoms with Crippen molar-refractivity contribution in [3.8, 4) is 5.88 Å². The quantitative estimate of drug-likeness (QED) is 0.762. The fraction of sp³-hybridized carbons (Fsp3) is 0.350. The minimum absolute atomic E-state index is 0.00102. The summed E-state index contributed by atoms with van der Waals surface area (Å²) in [6.07, 6.45) is 1.65. The van der Waals surface area contributed by atoms with Gasteiger partial charge in [0.05, 0.1) is 0 Å². The van der Waals surface area contributed by atoms with Crippen molar-refractivity contribution in [2.45, 2.75) is 40.0 Å². The summed E-state index contributed by atoms with van der Waals surface area (Å²) in [4.78, 5) is 27.8. The van der Waals surface area contributed by atoms with Crippen molar-refractivity contribution in [1.82, 2.24) is 15.6 Å². The van der Waals surface area contributed by atoms with Gasteiger partial charge in [-0.2, -0.15) is 0 Å². The van der Waals surface area contributed by atoms with Crippen LogP contribution in [0.5, 0.6) is 5.88 Å². The lowest BCUT2D eigenvalue weighted by atomic mass is 10.0. The van der Waals surface area contributed by atoms with Crippen LogP contribution in [0.1, 0.15) is 31.9 Å². The highest BCUT2D eigenvalue weighted by Gasteiger charge is 2.22. The predicted molar refractivity (Wildman–Crippen MR) is 99.3 cm³/mol. The first-order chi connectivity index (χ1) is 12.5. The van der Waals surface area contributed by atoms with Gasteiger partial charge < -0.3 is 15.4 Å². The minimum Gasteiger partial charge on any atom is -0.473 e. The van der Waals surface area contributed by atoms with Crippen LogP contribution in [0, 0.1) is 5.92 Å². The second-order valence-electron chi connectivity index (χ2n) is 6.42. The summed E-state index contributed by atoms with van der Waals surface area (Å²) in [7, 11) is 0. The molecule has 0 saturated heterocycles. The van der Waals surface area contributed by atoms with E-state index in [1.165, 1.54) is 6.92 Å². The molecule has 0 aliphatic rings. The number of amides is 2. The van der Waals surface area contributed by atoms with E-state index in [1.54, 1.807) is 12.3 Å². The van der Waals surface area contributed by atoms with E-state index in [-0.39, 0.29) is 17.7 Å². The third kappa shape index (κ3) is 6.20. The average Bonchev–Trinajstić information content (AvgIpc) is 2.63. The summed E-state index contributed by atoms with van der Waals surface area (Å²) in [5.41, 5.74) is 1.94. The predicted octanol–water partition coefficient (Wildman–Crippen LogP) is 2.44. The molecule has 0 fully saturated rings. The Bertz CT molecular complexity index is 732. The van der Waals surface area contributed by atoms with Gasteiger partial charge in [0.1, 0.15) is 12.6 Å². The topological polar surface area (TPSA) is 80.3 Å². The van der Waals surface area contributed by atoms with Gasteiger partial charge in [-0.15, -0.1) is 0 Å². The molecule has 1 heterocycles. The zero-order valence-electron chi connectivity index (χ0n) is 15.4. The van der Waals surface area contributed by atoms with Gasteiger partial charge >= 0.3 is 0 Å². The van der Waals surface area contributed by atoms with Crippen molar-refractivity contribution in [2.75, 3.05) is 0 Å². The molecule has 138 valence electrons. The normalized spacial score (nSPS) is 11.7. The van der Waals surface area contributed by atoms with E-state index in [2.05, 4.69) is 15.6 Å². The number of benzene rings is 1. The van der Waals surface area contributed by atoms with E-state index >= 15 is 0 Å². The number of hydrogen-bond acceptors (Lipinski definition) is 4. The van der Waals surface area contributed by atoms with E-state index in [4.69, 9.17) is 4.74 Å². The van der Waals surface area contributed by atoms with Crippen LogP contribution in [-0.4, -0.2) is 22.8 Å². The molecule has 1 unspecified atom stereocenters. The van der Waals surface area contributed by atoms with Crippen molar-refractivity contribution in [3.05, 3.63) is 59.8 Å². The van der Waals surface area contributed by atoms with Crippen LogP contribution in [0.4, 0.5) is 0 Å². The van der Waals surface area contributed by atoms with E-state index in [9.17, 15) is 9.59 Å². The molecule has 26 heavy (non-hydrogen) atoms. The number of ether oxygens (including phenoxy) is 1. The molecule has 2 rings (SSSR count). The van der Waals surface area contributed by atoms with Gasteiger partial charge in [0.25, 0.3) is 0 Å². The maximum absolute atomic E-state index is 12.3. The molecule has 2 N–H and O–H groups in total. The van der Waals surface area contributed by atoms with E-state index in [1.807, 2.05) is 50.2 Å². The first kappa shape index (κ1) is 19.4. The third-order valence-corrected chi connectivity index (χ3v) is 3.80. The lowest BCUT2D eigenvalue weighted by Gasteiger charge is -2.21. The van der Waals surface area contributed by atoms with Crippen molar-refractivity contribution >= 4 is 11.8 Å². The number of rotatable bonds is 8. The fourth-order valence-corrected chi connectivity index (χ4v) is 2.42. The van der Waals surface area contributed by atoms with Crippen LogP contribution in [0.2, 0.25) is 0 Å². The summed E-state index contributed by atoms with van der Waals surface area (Å²) in [5.74, 6) is 0.0714. The molecular weight excluding hydrogens is 330 g/mol. The summed E-state index contributed by atoms with van der Waals surface area (Å²) in [6.45, 7) is 5.96. The zero-order chi connectivity index (χ0) is 18.9. The molecular formula is C20H25N3O3. The maximum Gasteiger partial charge on any atom is 0.243 e. The van der Waals surface area contributed by atoms with Gasteiger partial charge in [-0.05, 0) is 23.1 Å². The standard InChI is InChI=1S/C20H25N3O3/c1-14(2)19(23-15(3)24)20(25)22-12-17-9-10-21-18(11-17)26-13-16-7-5-4-6-8-16/h4-11,14,19H,12-13H2,1-3H3,(H,22,25)(H,23,24). The van der Waals surface area contributed by atoms with Crippen molar-refractivity contribution in [2.24, 2.45) is 5.92 Å². The number of carbonyl (C=O) groups is 2. The summed E-state index contributed by atoms with van der Waals surface area (Å²) < 4.78 is 5.70. The smallest absolute Gasteiger partial charge is 0.243 e. The maximum atomic E-state index is 12.3. The van der Waals surface area contributed by atoms with E-state index in [0.29, 0.717) is 19.0 Å².